The standard InChI is InChI=1S/C18H21N7O2S/c1-12-13-16(28-14(12)15(19)26)22-11-25(17(13)27)10-7-23-5-8-24(9-6-23)18-20-3-2-4-21-18/h2-4,11H,5-10H2,1H3,(H2,19,26). The van der Waals surface area contributed by atoms with Crippen molar-refractivity contribution < 1.29 is 4.79 Å². The zero-order valence-electron chi connectivity index (χ0n) is 15.5. The van der Waals surface area contributed by atoms with E-state index in [1.165, 1.54) is 11.3 Å². The average Bonchev–Trinajstić information content (AvgIpc) is 3.06. The highest BCUT2D eigenvalue weighted by molar-refractivity contribution is 7.20. The maximum absolute atomic E-state index is 12.8. The molecule has 0 aromatic carbocycles. The first-order valence-corrected chi connectivity index (χ1v) is 9.89. The van der Waals surface area contributed by atoms with Crippen molar-refractivity contribution in [3.8, 4) is 0 Å². The van der Waals surface area contributed by atoms with Crippen molar-refractivity contribution in [2.75, 3.05) is 37.6 Å². The Bertz CT molecular complexity index is 1050. The van der Waals surface area contributed by atoms with Crippen LogP contribution in [0.1, 0.15) is 15.2 Å². The third kappa shape index (κ3) is 3.48. The fourth-order valence-electron chi connectivity index (χ4n) is 3.43. The molecule has 9 nitrogen and oxygen atoms in total. The third-order valence-electron chi connectivity index (χ3n) is 5.01. The number of hydrogen-bond acceptors (Lipinski definition) is 8. The smallest absolute Gasteiger partial charge is 0.262 e. The summed E-state index contributed by atoms with van der Waals surface area (Å²) in [6, 6.07) is 1.81. The molecular formula is C18H21N7O2S. The quantitative estimate of drug-likeness (QED) is 0.664. The second-order valence-electron chi connectivity index (χ2n) is 6.72. The molecule has 0 atom stereocenters. The van der Waals surface area contributed by atoms with Gasteiger partial charge in [0.25, 0.3) is 11.5 Å². The lowest BCUT2D eigenvalue weighted by molar-refractivity contribution is 0.100. The van der Waals surface area contributed by atoms with E-state index in [1.807, 2.05) is 6.07 Å². The van der Waals surface area contributed by atoms with Crippen LogP contribution in [0.15, 0.2) is 29.6 Å². The van der Waals surface area contributed by atoms with Crippen molar-refractivity contribution in [1.82, 2.24) is 24.4 Å². The van der Waals surface area contributed by atoms with E-state index in [2.05, 4.69) is 24.8 Å². The lowest BCUT2D eigenvalue weighted by Gasteiger charge is -2.34. The SMILES string of the molecule is Cc1c(C(N)=O)sc2ncn(CCN3CCN(c4ncccn4)CC3)c(=O)c12. The van der Waals surface area contributed by atoms with Gasteiger partial charge < -0.3 is 10.6 Å². The number of hydrogen-bond donors (Lipinski definition) is 1. The molecule has 1 saturated heterocycles. The highest BCUT2D eigenvalue weighted by atomic mass is 32.1. The van der Waals surface area contributed by atoms with Crippen LogP contribution in [0.3, 0.4) is 0 Å². The number of thiophene rings is 1. The van der Waals surface area contributed by atoms with Crippen molar-refractivity contribution in [1.29, 1.82) is 0 Å². The molecule has 146 valence electrons. The van der Waals surface area contributed by atoms with Crippen LogP contribution in [-0.4, -0.2) is 63.0 Å². The van der Waals surface area contributed by atoms with E-state index in [1.54, 1.807) is 30.2 Å². The van der Waals surface area contributed by atoms with Gasteiger partial charge in [0.15, 0.2) is 0 Å². The van der Waals surface area contributed by atoms with E-state index in [0.29, 0.717) is 27.2 Å². The Morgan fingerprint density at radius 2 is 1.86 bits per heavy atom. The van der Waals surface area contributed by atoms with Gasteiger partial charge in [0.2, 0.25) is 5.95 Å². The average molecular weight is 399 g/mol. The number of aromatic nitrogens is 4. The molecule has 0 radical (unpaired) electrons. The van der Waals surface area contributed by atoms with Gasteiger partial charge >= 0.3 is 0 Å². The van der Waals surface area contributed by atoms with Crippen LogP contribution in [0.25, 0.3) is 10.2 Å². The molecule has 1 fully saturated rings. The Hall–Kier alpha value is -2.85. The van der Waals surface area contributed by atoms with Crippen LogP contribution in [0.4, 0.5) is 5.95 Å². The number of nitrogens with zero attached hydrogens (tertiary/aromatic N) is 6. The summed E-state index contributed by atoms with van der Waals surface area (Å²) in [5.41, 5.74) is 5.89. The summed E-state index contributed by atoms with van der Waals surface area (Å²) in [4.78, 5) is 42.7. The number of nitrogens with two attached hydrogens (primary N) is 1. The van der Waals surface area contributed by atoms with Crippen molar-refractivity contribution in [3.05, 3.63) is 45.6 Å². The van der Waals surface area contributed by atoms with E-state index in [4.69, 9.17) is 5.73 Å². The normalized spacial score (nSPS) is 15.2. The van der Waals surface area contributed by atoms with Gasteiger partial charge in [-0.2, -0.15) is 0 Å². The van der Waals surface area contributed by atoms with Crippen LogP contribution in [0.2, 0.25) is 0 Å². The molecule has 4 rings (SSSR count). The molecule has 0 saturated carbocycles. The first kappa shape index (κ1) is 18.5. The summed E-state index contributed by atoms with van der Waals surface area (Å²) in [5.74, 6) is 0.234. The lowest BCUT2D eigenvalue weighted by Crippen LogP contribution is -2.48. The van der Waals surface area contributed by atoms with Gasteiger partial charge in [-0.3, -0.25) is 19.1 Å². The number of rotatable bonds is 5. The zero-order chi connectivity index (χ0) is 19.7. The summed E-state index contributed by atoms with van der Waals surface area (Å²) < 4.78 is 1.61. The van der Waals surface area contributed by atoms with Crippen molar-refractivity contribution >= 4 is 33.4 Å². The number of carbonyl (C=O) groups excluding carboxylic acids is 1. The monoisotopic (exact) mass is 399 g/mol. The van der Waals surface area contributed by atoms with Gasteiger partial charge in [-0.25, -0.2) is 15.0 Å². The summed E-state index contributed by atoms with van der Waals surface area (Å²) in [6.45, 7) is 6.51. The first-order valence-electron chi connectivity index (χ1n) is 9.07. The molecule has 1 amide bonds. The molecule has 1 aliphatic rings. The molecule has 0 unspecified atom stereocenters. The van der Waals surface area contributed by atoms with Crippen molar-refractivity contribution in [2.24, 2.45) is 5.73 Å². The van der Waals surface area contributed by atoms with Crippen LogP contribution in [0, 0.1) is 6.92 Å². The Labute approximate surface area is 165 Å². The minimum atomic E-state index is -0.522. The number of primary amides is 1. The Morgan fingerprint density at radius 3 is 2.54 bits per heavy atom. The van der Waals surface area contributed by atoms with Crippen molar-refractivity contribution in [3.63, 3.8) is 0 Å². The predicted molar refractivity (Wildman–Crippen MR) is 108 cm³/mol. The van der Waals surface area contributed by atoms with E-state index >= 15 is 0 Å². The molecule has 10 heteroatoms. The van der Waals surface area contributed by atoms with E-state index in [9.17, 15) is 9.59 Å². The predicted octanol–water partition coefficient (Wildman–Crippen LogP) is 0.478. The number of anilines is 1. The summed E-state index contributed by atoms with van der Waals surface area (Å²) in [7, 11) is 0. The van der Waals surface area contributed by atoms with Crippen LogP contribution >= 0.6 is 11.3 Å². The second kappa shape index (κ2) is 7.64. The van der Waals surface area contributed by atoms with Gasteiger partial charge in [0.05, 0.1) is 16.6 Å². The summed E-state index contributed by atoms with van der Waals surface area (Å²) in [5, 5.41) is 0.493. The van der Waals surface area contributed by atoms with Gasteiger partial charge in [-0.05, 0) is 18.6 Å². The highest BCUT2D eigenvalue weighted by Crippen LogP contribution is 2.26. The van der Waals surface area contributed by atoms with E-state index < -0.39 is 5.91 Å². The molecule has 3 aromatic rings. The van der Waals surface area contributed by atoms with E-state index in [0.717, 1.165) is 38.7 Å². The third-order valence-corrected chi connectivity index (χ3v) is 6.22. The molecular weight excluding hydrogens is 378 g/mol. The molecule has 4 heterocycles. The minimum Gasteiger partial charge on any atom is -0.365 e. The van der Waals surface area contributed by atoms with Crippen LogP contribution < -0.4 is 16.2 Å². The van der Waals surface area contributed by atoms with Gasteiger partial charge in [0, 0.05) is 51.7 Å². The maximum atomic E-state index is 12.8. The first-order chi connectivity index (χ1) is 13.5. The molecule has 2 N–H and O–H groups in total. The molecule has 0 spiro atoms. The number of piperazine rings is 1. The number of fused-ring (bicyclic) bond motifs is 1. The fourth-order valence-corrected chi connectivity index (χ4v) is 4.42. The molecule has 0 aliphatic carbocycles. The largest absolute Gasteiger partial charge is 0.365 e. The Kier molecular flexibility index (Phi) is 5.05. The fraction of sp³-hybridized carbons (Fsp3) is 0.389. The van der Waals surface area contributed by atoms with Crippen LogP contribution in [-0.2, 0) is 6.54 Å². The molecule has 0 bridgehead atoms. The number of aryl methyl sites for hydroxylation is 1. The minimum absolute atomic E-state index is 0.123. The highest BCUT2D eigenvalue weighted by Gasteiger charge is 2.20. The molecule has 1 aliphatic heterocycles. The Balaban J connectivity index is 1.42. The Morgan fingerprint density at radius 1 is 1.14 bits per heavy atom. The maximum Gasteiger partial charge on any atom is 0.262 e. The summed E-state index contributed by atoms with van der Waals surface area (Å²) in [6.07, 6.45) is 5.06. The topological polar surface area (TPSA) is 110 Å². The van der Waals surface area contributed by atoms with Crippen molar-refractivity contribution in [2.45, 2.75) is 13.5 Å². The van der Waals surface area contributed by atoms with Gasteiger partial charge in [-0.1, -0.05) is 0 Å². The lowest BCUT2D eigenvalue weighted by atomic mass is 10.2. The van der Waals surface area contributed by atoms with Gasteiger partial charge in [0.1, 0.15) is 4.83 Å². The number of amides is 1. The second-order valence-corrected chi connectivity index (χ2v) is 7.72. The van der Waals surface area contributed by atoms with E-state index in [-0.39, 0.29) is 5.56 Å². The van der Waals surface area contributed by atoms with Crippen LogP contribution in [0.5, 0.6) is 0 Å². The van der Waals surface area contributed by atoms with Gasteiger partial charge in [-0.15, -0.1) is 11.3 Å². The zero-order valence-corrected chi connectivity index (χ0v) is 16.4. The molecule has 3 aromatic heterocycles. The number of carbonyl (C=O) groups is 1. The molecule has 28 heavy (non-hydrogen) atoms. The summed E-state index contributed by atoms with van der Waals surface area (Å²) >= 11 is 1.17.